The summed E-state index contributed by atoms with van der Waals surface area (Å²) in [4.78, 5) is 23.0. The van der Waals surface area contributed by atoms with Crippen molar-refractivity contribution in [2.24, 2.45) is 22.9 Å². The maximum Gasteiger partial charge on any atom is 0.254 e. The fraction of sp³-hybridized carbons (Fsp3) is 0.543. The van der Waals surface area contributed by atoms with Crippen molar-refractivity contribution in [1.82, 2.24) is 4.90 Å². The number of hydrogen-bond donors (Lipinski definition) is 2. The van der Waals surface area contributed by atoms with Crippen LogP contribution in [0.5, 0.6) is 11.5 Å². The summed E-state index contributed by atoms with van der Waals surface area (Å²) in [5.41, 5.74) is 3.61. The first-order valence-corrected chi connectivity index (χ1v) is 20.8. The zero-order valence-electron chi connectivity index (χ0n) is 33.4. The quantitative estimate of drug-likeness (QED) is 0.0781. The maximum absolute atomic E-state index is 14.8. The van der Waals surface area contributed by atoms with Gasteiger partial charge in [-0.2, -0.15) is 5.26 Å². The van der Waals surface area contributed by atoms with Crippen LogP contribution < -0.4 is 9.47 Å². The molecule has 57 heavy (non-hydrogen) atoms. The van der Waals surface area contributed by atoms with Gasteiger partial charge in [0.15, 0.2) is 0 Å². The van der Waals surface area contributed by atoms with Crippen molar-refractivity contribution < 1.29 is 38.8 Å². The molecule has 4 aliphatic rings. The number of benzene rings is 2. The van der Waals surface area contributed by atoms with Crippen LogP contribution in [0.4, 0.5) is 0 Å². The highest BCUT2D eigenvalue weighted by Crippen LogP contribution is 2.62. The second-order valence-electron chi connectivity index (χ2n) is 15.5. The van der Waals surface area contributed by atoms with E-state index in [4.69, 9.17) is 28.9 Å². The van der Waals surface area contributed by atoms with Gasteiger partial charge in [-0.1, -0.05) is 49.7 Å². The summed E-state index contributed by atoms with van der Waals surface area (Å²) in [5.74, 6) is -0.631. The second kappa shape index (κ2) is 20.3. The number of nitrogens with zero attached hydrogens (tertiary/aromatic N) is 3. The van der Waals surface area contributed by atoms with Crippen LogP contribution in [0.1, 0.15) is 105 Å². The van der Waals surface area contributed by atoms with Crippen molar-refractivity contribution in [2.75, 3.05) is 39.6 Å². The van der Waals surface area contributed by atoms with Gasteiger partial charge in [0.25, 0.3) is 5.91 Å². The molecule has 1 saturated carbocycles. The van der Waals surface area contributed by atoms with Gasteiger partial charge in [0, 0.05) is 49.6 Å². The van der Waals surface area contributed by atoms with Crippen molar-refractivity contribution in [3.8, 4) is 17.6 Å². The van der Waals surface area contributed by atoms with E-state index in [1.165, 1.54) is 0 Å². The molecule has 0 bridgehead atoms. The standard InChI is InChI=1S/C46H59N3O8/c1-4-22-49(45(52)33-18-16-32(31-47)17-19-33)41-30-39(48-57-42-15-9-12-27-54-42)37-28-34(13-7-10-23-50)36(14-8-11-24-51)43-38-29-35(53-25-5-2)20-21-40(38)56-46(41,44(37)43)55-26-6-3/h5-6,16-21,28-29,34,36,41-44,50-51H,2-4,7-15,22-27,30H2,1H3. The van der Waals surface area contributed by atoms with Crippen LogP contribution >= 0.6 is 0 Å². The molecule has 2 fully saturated rings. The number of allylic oxidation sites excluding steroid dienone is 1. The van der Waals surface area contributed by atoms with Gasteiger partial charge in [-0.25, -0.2) is 0 Å². The predicted octanol–water partition coefficient (Wildman–Crippen LogP) is 7.84. The van der Waals surface area contributed by atoms with E-state index in [0.29, 0.717) is 61.6 Å². The summed E-state index contributed by atoms with van der Waals surface area (Å²) in [5, 5.41) is 34.2. The van der Waals surface area contributed by atoms with Crippen LogP contribution in [0, 0.1) is 29.1 Å². The Morgan fingerprint density at radius 3 is 2.51 bits per heavy atom. The molecular formula is C46H59N3O8. The number of fused-ring (bicyclic) bond motifs is 2. The van der Waals surface area contributed by atoms with Crippen molar-refractivity contribution >= 4 is 11.6 Å². The number of unbranched alkanes of at least 4 members (excludes halogenated alkanes) is 2. The molecule has 1 amide bonds. The van der Waals surface area contributed by atoms with Gasteiger partial charge in [-0.3, -0.25) is 4.79 Å². The summed E-state index contributed by atoms with van der Waals surface area (Å²) < 4.78 is 26.5. The molecule has 7 unspecified atom stereocenters. The van der Waals surface area contributed by atoms with E-state index in [1.807, 2.05) is 24.0 Å². The Labute approximate surface area is 337 Å². The largest absolute Gasteiger partial charge is 0.490 e. The van der Waals surface area contributed by atoms with Crippen molar-refractivity contribution in [2.45, 2.75) is 102 Å². The van der Waals surface area contributed by atoms with Crippen molar-refractivity contribution in [3.63, 3.8) is 0 Å². The molecule has 2 heterocycles. The summed E-state index contributed by atoms with van der Waals surface area (Å²) in [6, 6.07) is 14.2. The number of ether oxygens (including phenoxy) is 4. The van der Waals surface area contributed by atoms with Crippen LogP contribution in [-0.4, -0.2) is 84.4 Å². The van der Waals surface area contributed by atoms with Crippen LogP contribution in [0.25, 0.3) is 0 Å². The molecule has 0 aromatic heterocycles. The first kappa shape index (κ1) is 42.1. The Hall–Kier alpha value is -4.47. The summed E-state index contributed by atoms with van der Waals surface area (Å²) >= 11 is 0. The smallest absolute Gasteiger partial charge is 0.254 e. The minimum absolute atomic E-state index is 0.0875. The fourth-order valence-electron chi connectivity index (χ4n) is 9.30. The third-order valence-corrected chi connectivity index (χ3v) is 11.8. The third kappa shape index (κ3) is 9.31. The predicted molar refractivity (Wildman–Crippen MR) is 218 cm³/mol. The zero-order chi connectivity index (χ0) is 40.2. The van der Waals surface area contributed by atoms with E-state index in [-0.39, 0.29) is 49.9 Å². The Kier molecular flexibility index (Phi) is 15.0. The molecule has 306 valence electrons. The number of nitriles is 1. The Morgan fingerprint density at radius 1 is 1.05 bits per heavy atom. The lowest BCUT2D eigenvalue weighted by atomic mass is 9.55. The van der Waals surface area contributed by atoms with Gasteiger partial charge in [-0.15, -0.1) is 6.58 Å². The summed E-state index contributed by atoms with van der Waals surface area (Å²) in [6.45, 7) is 11.7. The van der Waals surface area contributed by atoms with E-state index in [0.717, 1.165) is 61.8 Å². The topological polar surface area (TPSA) is 143 Å². The lowest BCUT2D eigenvalue weighted by Gasteiger charge is -2.60. The van der Waals surface area contributed by atoms with Gasteiger partial charge in [0.2, 0.25) is 12.1 Å². The highest BCUT2D eigenvalue weighted by molar-refractivity contribution is 6.03. The number of aliphatic hydroxyl groups excluding tert-OH is 2. The number of hydrogen-bond acceptors (Lipinski definition) is 10. The number of rotatable bonds is 20. The molecule has 11 heteroatoms. The monoisotopic (exact) mass is 781 g/mol. The summed E-state index contributed by atoms with van der Waals surface area (Å²) in [6.07, 6.45) is 13.7. The van der Waals surface area contributed by atoms with Gasteiger partial charge in [-0.05, 0) is 105 Å². The molecule has 1 saturated heterocycles. The second-order valence-corrected chi connectivity index (χ2v) is 15.5. The number of amides is 1. The lowest BCUT2D eigenvalue weighted by molar-refractivity contribution is -0.254. The van der Waals surface area contributed by atoms with Gasteiger partial charge >= 0.3 is 0 Å². The summed E-state index contributed by atoms with van der Waals surface area (Å²) in [7, 11) is 0. The SMILES string of the molecule is C=CCOc1ccc2c(c1)C1C(CCCCO)C(CCCCO)C=C3C(=NOC4CCCCO4)CC(N(CCC)C(=O)c4ccc(C#N)cc4)C(OCC=C)(O2)C31. The van der Waals surface area contributed by atoms with Crippen LogP contribution in [0.3, 0.4) is 0 Å². The average Bonchev–Trinajstić information content (AvgIpc) is 3.24. The fourth-order valence-corrected chi connectivity index (χ4v) is 9.30. The van der Waals surface area contributed by atoms with Crippen molar-refractivity contribution in [1.29, 1.82) is 5.26 Å². The molecular weight excluding hydrogens is 723 g/mol. The molecule has 2 N–H and O–H groups in total. The normalized spacial score (nSPS) is 26.8. The van der Waals surface area contributed by atoms with E-state index in [9.17, 15) is 20.3 Å². The van der Waals surface area contributed by atoms with Crippen LogP contribution in [0.2, 0.25) is 0 Å². The Morgan fingerprint density at radius 2 is 1.82 bits per heavy atom. The Balaban J connectivity index is 1.59. The van der Waals surface area contributed by atoms with E-state index >= 15 is 0 Å². The molecule has 2 aliphatic carbocycles. The molecule has 7 atom stereocenters. The molecule has 2 aliphatic heterocycles. The molecule has 2 aromatic rings. The lowest BCUT2D eigenvalue weighted by Crippen LogP contribution is -2.70. The highest BCUT2D eigenvalue weighted by Gasteiger charge is 2.65. The van der Waals surface area contributed by atoms with E-state index in [2.05, 4.69) is 31.4 Å². The van der Waals surface area contributed by atoms with Gasteiger partial charge < -0.3 is 38.9 Å². The van der Waals surface area contributed by atoms with Gasteiger partial charge in [0.05, 0.1) is 36.5 Å². The molecule has 0 radical (unpaired) electrons. The average molecular weight is 782 g/mol. The Bertz CT molecular complexity index is 1780. The van der Waals surface area contributed by atoms with Crippen LogP contribution in [-0.2, 0) is 14.3 Å². The molecule has 11 nitrogen and oxygen atoms in total. The van der Waals surface area contributed by atoms with Crippen molar-refractivity contribution in [3.05, 3.63) is 96.1 Å². The number of carbonyl (C=O) groups is 1. The minimum atomic E-state index is -1.37. The number of carbonyl (C=O) groups excluding carboxylic acids is 1. The molecule has 6 rings (SSSR count). The first-order chi connectivity index (χ1) is 27.9. The number of aliphatic hydroxyl groups is 2. The highest BCUT2D eigenvalue weighted by atomic mass is 16.8. The van der Waals surface area contributed by atoms with Crippen LogP contribution in [0.15, 0.2) is 84.6 Å². The van der Waals surface area contributed by atoms with Gasteiger partial charge in [0.1, 0.15) is 24.1 Å². The minimum Gasteiger partial charge on any atom is -0.490 e. The molecule has 2 aromatic carbocycles. The number of oxime groups is 1. The first-order valence-electron chi connectivity index (χ1n) is 20.8. The van der Waals surface area contributed by atoms with E-state index in [1.54, 1.807) is 36.4 Å². The zero-order valence-corrected chi connectivity index (χ0v) is 33.4. The maximum atomic E-state index is 14.8. The third-order valence-electron chi connectivity index (χ3n) is 11.8. The molecule has 0 spiro atoms. The van der Waals surface area contributed by atoms with E-state index < -0.39 is 24.0 Å².